The van der Waals surface area contributed by atoms with E-state index in [1.807, 2.05) is 18.2 Å². The molecule has 3 heteroatoms. The van der Waals surface area contributed by atoms with Crippen LogP contribution < -0.4 is 4.74 Å². The number of methoxy groups -OCH3 is 1. The highest BCUT2D eigenvalue weighted by molar-refractivity contribution is 9.10. The molecule has 106 valence electrons. The van der Waals surface area contributed by atoms with Crippen molar-refractivity contribution >= 4 is 15.9 Å². The quantitative estimate of drug-likeness (QED) is 0.882. The summed E-state index contributed by atoms with van der Waals surface area (Å²) in [5.74, 6) is 2.55. The lowest BCUT2D eigenvalue weighted by Crippen LogP contribution is -2.24. The summed E-state index contributed by atoms with van der Waals surface area (Å²) < 4.78 is 6.22. The molecule has 0 aliphatic heterocycles. The Kier molecular flexibility index (Phi) is 4.91. The van der Waals surface area contributed by atoms with Crippen molar-refractivity contribution in [3.63, 3.8) is 0 Å². The van der Waals surface area contributed by atoms with E-state index in [-0.39, 0.29) is 0 Å². The molecule has 1 saturated carbocycles. The highest BCUT2D eigenvalue weighted by atomic mass is 79.9. The lowest BCUT2D eigenvalue weighted by atomic mass is 9.73. The number of ether oxygens (including phenoxy) is 1. The number of hydrogen-bond donors (Lipinski definition) is 1. The van der Waals surface area contributed by atoms with Gasteiger partial charge in [0.1, 0.15) is 5.75 Å². The Balaban J connectivity index is 2.20. The minimum Gasteiger partial charge on any atom is -0.497 e. The van der Waals surface area contributed by atoms with Crippen LogP contribution in [0.4, 0.5) is 0 Å². The van der Waals surface area contributed by atoms with E-state index < -0.39 is 6.10 Å². The summed E-state index contributed by atoms with van der Waals surface area (Å²) in [6, 6.07) is 5.80. The smallest absolute Gasteiger partial charge is 0.119 e. The van der Waals surface area contributed by atoms with Gasteiger partial charge in [-0.25, -0.2) is 0 Å². The average Bonchev–Trinajstić information content (AvgIpc) is 2.37. The summed E-state index contributed by atoms with van der Waals surface area (Å²) in [7, 11) is 1.66. The monoisotopic (exact) mass is 326 g/mol. The summed E-state index contributed by atoms with van der Waals surface area (Å²) in [6.45, 7) is 4.58. The zero-order chi connectivity index (χ0) is 14.0. The summed E-state index contributed by atoms with van der Waals surface area (Å²) in [4.78, 5) is 0. The van der Waals surface area contributed by atoms with Crippen molar-refractivity contribution in [2.24, 2.45) is 17.8 Å². The molecule has 0 amide bonds. The lowest BCUT2D eigenvalue weighted by molar-refractivity contribution is 0.0545. The maximum atomic E-state index is 10.7. The van der Waals surface area contributed by atoms with Crippen molar-refractivity contribution in [2.75, 3.05) is 7.11 Å². The first-order chi connectivity index (χ1) is 9.01. The van der Waals surface area contributed by atoms with Gasteiger partial charge >= 0.3 is 0 Å². The van der Waals surface area contributed by atoms with E-state index in [2.05, 4.69) is 29.8 Å². The third-order valence-corrected chi connectivity index (χ3v) is 4.91. The molecular formula is C16H23BrO2. The molecule has 1 aromatic carbocycles. The third kappa shape index (κ3) is 3.51. The van der Waals surface area contributed by atoms with Gasteiger partial charge in [-0.2, -0.15) is 0 Å². The van der Waals surface area contributed by atoms with Crippen molar-refractivity contribution in [3.05, 3.63) is 28.2 Å². The molecule has 3 unspecified atom stereocenters. The molecule has 1 aromatic rings. The molecule has 1 fully saturated rings. The van der Waals surface area contributed by atoms with Gasteiger partial charge in [-0.15, -0.1) is 0 Å². The van der Waals surface area contributed by atoms with Gasteiger partial charge in [0.25, 0.3) is 0 Å². The second-order valence-corrected chi connectivity index (χ2v) is 6.86. The molecule has 0 saturated heterocycles. The van der Waals surface area contributed by atoms with Gasteiger partial charge in [0.05, 0.1) is 13.2 Å². The van der Waals surface area contributed by atoms with Crippen molar-refractivity contribution in [1.29, 1.82) is 0 Å². The Labute approximate surface area is 124 Å². The van der Waals surface area contributed by atoms with Crippen LogP contribution in [0.3, 0.4) is 0 Å². The predicted molar refractivity (Wildman–Crippen MR) is 81.3 cm³/mol. The zero-order valence-electron chi connectivity index (χ0n) is 11.9. The van der Waals surface area contributed by atoms with Gasteiger partial charge in [-0.1, -0.05) is 29.8 Å². The lowest BCUT2D eigenvalue weighted by Gasteiger charge is -2.34. The molecule has 2 rings (SSSR count). The Bertz CT molecular complexity index is 423. The predicted octanol–water partition coefficient (Wildman–Crippen LogP) is 4.56. The van der Waals surface area contributed by atoms with E-state index in [1.165, 1.54) is 6.42 Å². The Hall–Kier alpha value is -0.540. The second kappa shape index (κ2) is 6.27. The number of halogens is 1. The largest absolute Gasteiger partial charge is 0.497 e. The number of aliphatic hydroxyl groups excluding tert-OH is 1. The van der Waals surface area contributed by atoms with Gasteiger partial charge in [0.15, 0.2) is 0 Å². The molecule has 1 aliphatic rings. The molecule has 1 N–H and O–H groups in total. The Morgan fingerprint density at radius 3 is 2.42 bits per heavy atom. The van der Waals surface area contributed by atoms with Crippen LogP contribution in [-0.2, 0) is 0 Å². The second-order valence-electron chi connectivity index (χ2n) is 6.01. The number of hydrogen-bond acceptors (Lipinski definition) is 2. The first kappa shape index (κ1) is 14.9. The molecule has 0 heterocycles. The van der Waals surface area contributed by atoms with Crippen LogP contribution in [0, 0.1) is 17.8 Å². The fourth-order valence-corrected chi connectivity index (χ4v) is 3.88. The SMILES string of the molecule is COc1ccc(Br)c(C(O)C2CC(C)CC(C)C2)c1. The fraction of sp³-hybridized carbons (Fsp3) is 0.625. The molecule has 19 heavy (non-hydrogen) atoms. The minimum atomic E-state index is -0.408. The van der Waals surface area contributed by atoms with Crippen molar-refractivity contribution in [3.8, 4) is 5.75 Å². The van der Waals surface area contributed by atoms with Crippen molar-refractivity contribution in [1.82, 2.24) is 0 Å². The number of benzene rings is 1. The van der Waals surface area contributed by atoms with Crippen molar-refractivity contribution < 1.29 is 9.84 Å². The van der Waals surface area contributed by atoms with E-state index in [0.29, 0.717) is 17.8 Å². The molecular weight excluding hydrogens is 304 g/mol. The maximum Gasteiger partial charge on any atom is 0.119 e. The number of aliphatic hydroxyl groups is 1. The number of rotatable bonds is 3. The molecule has 1 aliphatic carbocycles. The highest BCUT2D eigenvalue weighted by Gasteiger charge is 2.30. The van der Waals surface area contributed by atoms with Crippen LogP contribution >= 0.6 is 15.9 Å². The maximum absolute atomic E-state index is 10.7. The fourth-order valence-electron chi connectivity index (χ4n) is 3.40. The van der Waals surface area contributed by atoms with Gasteiger partial charge in [0.2, 0.25) is 0 Å². The first-order valence-corrected chi connectivity index (χ1v) is 7.82. The van der Waals surface area contributed by atoms with Crippen LogP contribution in [0.25, 0.3) is 0 Å². The zero-order valence-corrected chi connectivity index (χ0v) is 13.5. The van der Waals surface area contributed by atoms with Gasteiger partial charge in [-0.05, 0) is 60.8 Å². The molecule has 0 radical (unpaired) electrons. The summed E-state index contributed by atoms with van der Waals surface area (Å²) in [5.41, 5.74) is 0.950. The topological polar surface area (TPSA) is 29.5 Å². The van der Waals surface area contributed by atoms with Crippen LogP contribution in [0.2, 0.25) is 0 Å². The molecule has 0 bridgehead atoms. The van der Waals surface area contributed by atoms with Crippen LogP contribution in [0.1, 0.15) is 44.8 Å². The van der Waals surface area contributed by atoms with E-state index in [0.717, 1.165) is 28.6 Å². The Morgan fingerprint density at radius 2 is 1.84 bits per heavy atom. The van der Waals surface area contributed by atoms with E-state index in [1.54, 1.807) is 7.11 Å². The standard InChI is InChI=1S/C16H23BrO2/c1-10-6-11(2)8-12(7-10)16(18)14-9-13(19-3)4-5-15(14)17/h4-5,9-12,16,18H,6-8H2,1-3H3. The highest BCUT2D eigenvalue weighted by Crippen LogP contribution is 2.42. The Morgan fingerprint density at radius 1 is 1.21 bits per heavy atom. The molecule has 3 atom stereocenters. The van der Waals surface area contributed by atoms with Gasteiger partial charge in [-0.3, -0.25) is 0 Å². The third-order valence-electron chi connectivity index (χ3n) is 4.18. The van der Waals surface area contributed by atoms with E-state index in [4.69, 9.17) is 4.74 Å². The minimum absolute atomic E-state index is 0.349. The molecule has 0 spiro atoms. The summed E-state index contributed by atoms with van der Waals surface area (Å²) >= 11 is 3.54. The average molecular weight is 327 g/mol. The summed E-state index contributed by atoms with van der Waals surface area (Å²) in [6.07, 6.45) is 3.09. The van der Waals surface area contributed by atoms with Crippen LogP contribution in [-0.4, -0.2) is 12.2 Å². The molecule has 2 nitrogen and oxygen atoms in total. The van der Waals surface area contributed by atoms with Gasteiger partial charge in [0, 0.05) is 4.47 Å². The van der Waals surface area contributed by atoms with E-state index in [9.17, 15) is 5.11 Å². The van der Waals surface area contributed by atoms with Crippen LogP contribution in [0.15, 0.2) is 22.7 Å². The van der Waals surface area contributed by atoms with Crippen molar-refractivity contribution in [2.45, 2.75) is 39.2 Å². The molecule has 0 aromatic heterocycles. The summed E-state index contributed by atoms with van der Waals surface area (Å²) in [5, 5.41) is 10.7. The van der Waals surface area contributed by atoms with Crippen LogP contribution in [0.5, 0.6) is 5.75 Å². The normalized spacial score (nSPS) is 29.0. The van der Waals surface area contributed by atoms with E-state index >= 15 is 0 Å². The first-order valence-electron chi connectivity index (χ1n) is 7.02. The van der Waals surface area contributed by atoms with Gasteiger partial charge < -0.3 is 9.84 Å².